The first kappa shape index (κ1) is 24.9. The van der Waals surface area contributed by atoms with Gasteiger partial charge in [-0.05, 0) is 30.8 Å². The number of nitrogens with zero attached hydrogens (tertiary/aromatic N) is 4. The van der Waals surface area contributed by atoms with Crippen LogP contribution < -0.4 is 24.4 Å². The Morgan fingerprint density at radius 1 is 1.13 bits per heavy atom. The van der Waals surface area contributed by atoms with Gasteiger partial charge < -0.3 is 15.0 Å². The van der Waals surface area contributed by atoms with Crippen LogP contribution in [0.25, 0.3) is 27.7 Å². The first-order valence-electron chi connectivity index (χ1n) is 8.91. The second-order valence-corrected chi connectivity index (χ2v) is 8.82. The third kappa shape index (κ3) is 6.10. The third-order valence-corrected chi connectivity index (χ3v) is 5.16. The molecule has 0 aliphatic heterocycles. The van der Waals surface area contributed by atoms with Gasteiger partial charge in [0, 0.05) is 36.0 Å². The fourth-order valence-corrected chi connectivity index (χ4v) is 3.16. The van der Waals surface area contributed by atoms with Crippen LogP contribution in [0.15, 0.2) is 35.1 Å². The van der Waals surface area contributed by atoms with Crippen LogP contribution in [0.4, 0.5) is 14.6 Å². The van der Waals surface area contributed by atoms with Gasteiger partial charge in [0.1, 0.15) is 15.5 Å². The predicted octanol–water partition coefficient (Wildman–Crippen LogP) is -0.563. The normalized spacial score (nSPS) is 11.4. The van der Waals surface area contributed by atoms with Crippen molar-refractivity contribution < 1.29 is 40.8 Å². The largest absolute Gasteiger partial charge is 1.00 e. The summed E-state index contributed by atoms with van der Waals surface area (Å²) in [7, 11) is -1.76. The molecule has 3 rings (SSSR count). The van der Waals surface area contributed by atoms with E-state index in [1.54, 1.807) is 12.1 Å². The Hall–Kier alpha value is -2.32. The van der Waals surface area contributed by atoms with Gasteiger partial charge in [0.25, 0.3) is 5.56 Å². The van der Waals surface area contributed by atoms with Crippen LogP contribution in [-0.4, -0.2) is 55.2 Å². The monoisotopic (exact) mass is 444 g/mol. The van der Waals surface area contributed by atoms with Gasteiger partial charge >= 0.3 is 18.9 Å². The molecule has 31 heavy (non-hydrogen) atoms. The Bertz CT molecular complexity index is 1250. The molecule has 1 aromatic carbocycles. The fourth-order valence-electron chi connectivity index (χ4n) is 2.73. The predicted molar refractivity (Wildman–Crippen MR) is 109 cm³/mol. The van der Waals surface area contributed by atoms with Crippen molar-refractivity contribution in [2.45, 2.75) is 6.54 Å². The van der Waals surface area contributed by atoms with Crippen molar-refractivity contribution in [3.8, 4) is 11.3 Å². The summed E-state index contributed by atoms with van der Waals surface area (Å²) in [6.45, 7) is 0.257. The van der Waals surface area contributed by atoms with Gasteiger partial charge in [-0.25, -0.2) is 22.2 Å². The van der Waals surface area contributed by atoms with Crippen molar-refractivity contribution >= 4 is 26.8 Å². The Morgan fingerprint density at radius 3 is 2.52 bits per heavy atom. The minimum Gasteiger partial charge on any atom is -0.460 e. The number of fused-ring (bicyclic) bond motifs is 1. The van der Waals surface area contributed by atoms with Crippen LogP contribution in [0.3, 0.4) is 0 Å². The molecule has 0 atom stereocenters. The molecule has 0 unspecified atom stereocenters. The number of benzene rings is 1. The van der Waals surface area contributed by atoms with E-state index in [1.807, 2.05) is 0 Å². The summed E-state index contributed by atoms with van der Waals surface area (Å²) < 4.78 is 55.8. The summed E-state index contributed by atoms with van der Waals surface area (Å²) in [5, 5.41) is 4.03. The maximum absolute atomic E-state index is 13.6. The Kier molecular flexibility index (Phi) is 8.31. The van der Waals surface area contributed by atoms with Gasteiger partial charge in [0.15, 0.2) is 11.6 Å². The third-order valence-electron chi connectivity index (χ3n) is 4.23. The van der Waals surface area contributed by atoms with Gasteiger partial charge in [-0.2, -0.15) is 0 Å². The SMILES string of the molecule is COCCn1c(=O)c([N-]CCS(C)(=O)=O)nc2ccc(-c3ccc(F)c(F)c3)nc21.[Li+]. The number of rotatable bonds is 8. The molecule has 0 radical (unpaired) electrons. The van der Waals surface area contributed by atoms with E-state index in [0.717, 1.165) is 18.4 Å². The first-order chi connectivity index (χ1) is 14.2. The quantitative estimate of drug-likeness (QED) is 0.431. The van der Waals surface area contributed by atoms with E-state index in [1.165, 1.54) is 17.7 Å². The maximum Gasteiger partial charge on any atom is 1.00 e. The molecule has 0 bridgehead atoms. The van der Waals surface area contributed by atoms with E-state index >= 15 is 0 Å². The van der Waals surface area contributed by atoms with Gasteiger partial charge in [-0.3, -0.25) is 9.36 Å². The van der Waals surface area contributed by atoms with Crippen LogP contribution in [-0.2, 0) is 21.1 Å². The van der Waals surface area contributed by atoms with E-state index in [0.29, 0.717) is 16.8 Å². The van der Waals surface area contributed by atoms with Crippen LogP contribution in [0.1, 0.15) is 0 Å². The van der Waals surface area contributed by atoms with Gasteiger partial charge in [0.05, 0.1) is 18.8 Å². The minimum absolute atomic E-state index is 0. The summed E-state index contributed by atoms with van der Waals surface area (Å²) in [6.07, 6.45) is 1.08. The van der Waals surface area contributed by atoms with Crippen molar-refractivity contribution in [2.24, 2.45) is 0 Å². The molecule has 0 fully saturated rings. The molecule has 0 saturated heterocycles. The van der Waals surface area contributed by atoms with Crippen molar-refractivity contribution in [1.82, 2.24) is 14.5 Å². The fraction of sp³-hybridized carbons (Fsp3) is 0.316. The Labute approximate surface area is 189 Å². The Balaban J connectivity index is 0.00000341. The van der Waals surface area contributed by atoms with Crippen LogP contribution in [0.2, 0.25) is 0 Å². The van der Waals surface area contributed by atoms with Crippen molar-refractivity contribution in [1.29, 1.82) is 0 Å². The molecule has 2 aromatic heterocycles. The zero-order valence-corrected chi connectivity index (χ0v) is 18.1. The first-order valence-corrected chi connectivity index (χ1v) is 11.0. The molecule has 2 heterocycles. The standard InChI is InChI=1S/C19H19F2N4O4S.Li/c1-29-9-8-25-18-16(23-17(19(25)26)22-7-10-30(2,27)28)6-5-15(24-18)12-3-4-13(20)14(21)11-12;/h3-6,11H,7-10H2,1-2H3;/q-1;+1. The second kappa shape index (κ2) is 10.3. The zero-order chi connectivity index (χ0) is 21.9. The molecule has 12 heteroatoms. The summed E-state index contributed by atoms with van der Waals surface area (Å²) >= 11 is 0. The number of sulfone groups is 1. The average Bonchev–Trinajstić information content (AvgIpc) is 2.69. The van der Waals surface area contributed by atoms with E-state index in [9.17, 15) is 22.0 Å². The van der Waals surface area contributed by atoms with Crippen molar-refractivity contribution in [3.63, 3.8) is 0 Å². The number of hydrogen-bond donors (Lipinski definition) is 0. The average molecular weight is 444 g/mol. The number of pyridine rings is 1. The molecule has 3 aromatic rings. The second-order valence-electron chi connectivity index (χ2n) is 6.56. The number of hydrogen-bond acceptors (Lipinski definition) is 6. The smallest absolute Gasteiger partial charge is 0.460 e. The molecule has 0 amide bonds. The molecule has 0 aliphatic carbocycles. The van der Waals surface area contributed by atoms with Gasteiger partial charge in [0.2, 0.25) is 0 Å². The van der Waals surface area contributed by atoms with Crippen LogP contribution in [0.5, 0.6) is 0 Å². The van der Waals surface area contributed by atoms with Crippen molar-refractivity contribution in [3.05, 3.63) is 57.6 Å². The maximum atomic E-state index is 13.6. The summed E-state index contributed by atoms with van der Waals surface area (Å²) in [4.78, 5) is 21.4. The van der Waals surface area contributed by atoms with E-state index in [2.05, 4.69) is 15.3 Å². The number of ether oxygens (including phenoxy) is 1. The summed E-state index contributed by atoms with van der Waals surface area (Å²) in [6, 6.07) is 6.54. The minimum atomic E-state index is -3.24. The number of methoxy groups -OCH3 is 1. The summed E-state index contributed by atoms with van der Waals surface area (Å²) in [5.74, 6) is -2.33. The number of aromatic nitrogens is 3. The van der Waals surface area contributed by atoms with E-state index in [-0.39, 0.29) is 55.8 Å². The van der Waals surface area contributed by atoms with Crippen LogP contribution in [0, 0.1) is 11.6 Å². The molecule has 0 spiro atoms. The van der Waals surface area contributed by atoms with Gasteiger partial charge in [-0.15, -0.1) is 0 Å². The zero-order valence-electron chi connectivity index (χ0n) is 17.3. The molecule has 0 saturated carbocycles. The summed E-state index contributed by atoms with van der Waals surface area (Å²) in [5.41, 5.74) is 0.679. The van der Waals surface area contributed by atoms with Crippen molar-refractivity contribution in [2.75, 3.05) is 32.3 Å². The molecule has 8 nitrogen and oxygen atoms in total. The van der Waals surface area contributed by atoms with E-state index in [4.69, 9.17) is 4.74 Å². The molecular weight excluding hydrogens is 425 g/mol. The number of halogens is 2. The van der Waals surface area contributed by atoms with Crippen LogP contribution >= 0.6 is 0 Å². The molecule has 0 aliphatic rings. The molecule has 160 valence electrons. The molecule has 0 N–H and O–H groups in total. The Morgan fingerprint density at radius 2 is 1.87 bits per heavy atom. The molecular formula is C19H19F2LiN4O4S. The van der Waals surface area contributed by atoms with E-state index < -0.39 is 27.0 Å². The van der Waals surface area contributed by atoms with Gasteiger partial charge in [-0.1, -0.05) is 6.07 Å². The topological polar surface area (TPSA) is 105 Å².